The number of amides is 2. The fourth-order valence-electron chi connectivity index (χ4n) is 4.77. The molecule has 2 aliphatic heterocycles. The van der Waals surface area contributed by atoms with Crippen molar-refractivity contribution in [3.05, 3.63) is 53.8 Å². The van der Waals surface area contributed by atoms with Gasteiger partial charge in [0.25, 0.3) is 5.91 Å². The smallest absolute Gasteiger partial charge is 0.329 e. The monoisotopic (exact) mass is 546 g/mol. The number of nitrogens with zero attached hydrogens (tertiary/aromatic N) is 2. The minimum Gasteiger partial charge on any atom is -0.460 e. The number of carbonyl (C=O) groups excluding carboxylic acids is 3. The van der Waals surface area contributed by atoms with Gasteiger partial charge >= 0.3 is 5.97 Å². The number of aliphatic hydroxyl groups excluding tert-OH is 1. The van der Waals surface area contributed by atoms with Gasteiger partial charge in [-0.05, 0) is 32.4 Å². The van der Waals surface area contributed by atoms with E-state index in [1.165, 1.54) is 17.1 Å². The highest BCUT2D eigenvalue weighted by atomic mass is 19.1. The highest BCUT2D eigenvalue weighted by molar-refractivity contribution is 5.95. The maximum Gasteiger partial charge on any atom is 0.329 e. The van der Waals surface area contributed by atoms with E-state index in [9.17, 15) is 23.9 Å². The van der Waals surface area contributed by atoms with Crippen LogP contribution in [0.15, 0.2) is 46.6 Å². The third-order valence-electron chi connectivity index (χ3n) is 6.93. The molecule has 4 N–H and O–H groups in total. The lowest BCUT2D eigenvalue weighted by atomic mass is 9.92. The van der Waals surface area contributed by atoms with Crippen molar-refractivity contribution in [2.45, 2.75) is 70.9 Å². The highest BCUT2D eigenvalue weighted by Gasteiger charge is 2.39. The molecule has 214 valence electrons. The molecule has 1 fully saturated rings. The summed E-state index contributed by atoms with van der Waals surface area (Å²) in [6.45, 7) is 6.31. The maximum absolute atomic E-state index is 14.6. The van der Waals surface area contributed by atoms with E-state index >= 15 is 0 Å². The number of nitrogens with two attached hydrogens (primary N) is 1. The van der Waals surface area contributed by atoms with Crippen LogP contribution in [-0.4, -0.2) is 76.8 Å². The van der Waals surface area contributed by atoms with Crippen LogP contribution in [0.5, 0.6) is 0 Å². The Balaban J connectivity index is 1.86. The van der Waals surface area contributed by atoms with Crippen LogP contribution >= 0.6 is 0 Å². The van der Waals surface area contributed by atoms with Crippen LogP contribution in [0.1, 0.15) is 56.4 Å². The number of aromatic nitrogens is 1. The van der Waals surface area contributed by atoms with E-state index in [1.807, 2.05) is 13.8 Å². The molecule has 0 saturated carbocycles. The Morgan fingerprint density at radius 3 is 2.82 bits per heavy atom. The lowest BCUT2D eigenvalue weighted by Crippen LogP contribution is -2.45. The minimum atomic E-state index is -1.46. The first-order valence-electron chi connectivity index (χ1n) is 13.4. The van der Waals surface area contributed by atoms with E-state index in [0.717, 1.165) is 6.26 Å². The number of carbonyl (C=O) groups is 3. The molecule has 2 aliphatic rings. The van der Waals surface area contributed by atoms with Gasteiger partial charge in [-0.2, -0.15) is 0 Å². The lowest BCUT2D eigenvalue weighted by molar-refractivity contribution is -0.158. The zero-order chi connectivity index (χ0) is 28.5. The molecule has 2 amide bonds. The summed E-state index contributed by atoms with van der Waals surface area (Å²) in [6, 6.07) is -0.808. The number of oxazole rings is 1. The molecule has 0 aromatic carbocycles. The molecule has 0 spiro atoms. The Morgan fingerprint density at radius 2 is 2.08 bits per heavy atom. The fraction of sp³-hybridized carbons (Fsp3) is 0.571. The summed E-state index contributed by atoms with van der Waals surface area (Å²) >= 11 is 0. The van der Waals surface area contributed by atoms with Gasteiger partial charge in [-0.25, -0.2) is 14.2 Å². The van der Waals surface area contributed by atoms with Gasteiger partial charge in [-0.15, -0.1) is 0 Å². The van der Waals surface area contributed by atoms with Crippen LogP contribution in [0, 0.1) is 11.8 Å². The lowest BCUT2D eigenvalue weighted by Gasteiger charge is -2.30. The number of alkyl halides is 1. The maximum atomic E-state index is 14.6. The van der Waals surface area contributed by atoms with E-state index in [4.69, 9.17) is 14.9 Å². The van der Waals surface area contributed by atoms with Crippen molar-refractivity contribution in [2.24, 2.45) is 17.6 Å². The highest BCUT2D eigenvalue weighted by Crippen LogP contribution is 2.25. The normalized spacial score (nSPS) is 31.8. The zero-order valence-electron chi connectivity index (χ0n) is 22.7. The number of esters is 1. The Morgan fingerprint density at radius 1 is 1.31 bits per heavy atom. The quantitative estimate of drug-likeness (QED) is 0.479. The third kappa shape index (κ3) is 8.59. The molecule has 39 heavy (non-hydrogen) atoms. The van der Waals surface area contributed by atoms with Gasteiger partial charge in [0.05, 0.1) is 12.5 Å². The largest absolute Gasteiger partial charge is 0.460 e. The summed E-state index contributed by atoms with van der Waals surface area (Å²) in [6.07, 6.45) is 6.71. The Bertz CT molecular complexity index is 1100. The van der Waals surface area contributed by atoms with Crippen molar-refractivity contribution in [3.8, 4) is 0 Å². The van der Waals surface area contributed by atoms with Crippen LogP contribution in [0.25, 0.3) is 0 Å². The topological polar surface area (TPSA) is 148 Å². The number of ether oxygens (including phenoxy) is 1. The van der Waals surface area contributed by atoms with E-state index in [0.29, 0.717) is 25.0 Å². The molecule has 11 heteroatoms. The number of hydrogen-bond acceptors (Lipinski definition) is 8. The minimum absolute atomic E-state index is 0.0223. The molecule has 1 aromatic heterocycles. The number of nitrogens with one attached hydrogen (secondary N) is 1. The number of rotatable bonds is 2. The second kappa shape index (κ2) is 14.2. The van der Waals surface area contributed by atoms with Crippen LogP contribution in [-0.2, 0) is 20.7 Å². The van der Waals surface area contributed by atoms with Crippen molar-refractivity contribution in [2.75, 3.05) is 19.6 Å². The van der Waals surface area contributed by atoms with Crippen LogP contribution in [0.3, 0.4) is 0 Å². The van der Waals surface area contributed by atoms with Gasteiger partial charge in [-0.1, -0.05) is 43.7 Å². The Labute approximate surface area is 228 Å². The first-order chi connectivity index (χ1) is 18.6. The molecule has 0 radical (unpaired) electrons. The summed E-state index contributed by atoms with van der Waals surface area (Å²) in [4.78, 5) is 44.3. The second-order valence-electron chi connectivity index (χ2n) is 10.3. The summed E-state index contributed by atoms with van der Waals surface area (Å²) in [5, 5.41) is 13.0. The molecule has 6 unspecified atom stereocenters. The number of allylic oxidation sites excluding steroid dienone is 2. The molecule has 0 aliphatic carbocycles. The second-order valence-corrected chi connectivity index (χ2v) is 10.3. The van der Waals surface area contributed by atoms with Crippen molar-refractivity contribution >= 4 is 17.8 Å². The molecular formula is C28H39FN4O6. The van der Waals surface area contributed by atoms with Crippen LogP contribution in [0.2, 0.25) is 0 Å². The number of fused-ring (bicyclic) bond motifs is 3. The number of halogens is 1. The molecule has 2 bridgehead atoms. The zero-order valence-corrected chi connectivity index (χ0v) is 22.7. The first kappa shape index (κ1) is 30.2. The standard InChI is InChI=1S/C28H39FN4O6/c1-17-6-4-10-31-24(35)9-8-18(2)26(19(3)15-30)39-28(37)23-7-5-11-33(23)27(36)22-16-38-25(32-22)14-20(29)13-21(34)12-17/h4,6,8-9,12,16,18-21,23,26,34H,5,7,10-11,13-15,30H2,1-3H3,(H,31,35)/b6-4+,9-8+,17-12+. The van der Waals surface area contributed by atoms with Crippen LogP contribution in [0.4, 0.5) is 4.39 Å². The molecule has 3 heterocycles. The van der Waals surface area contributed by atoms with Crippen molar-refractivity contribution in [1.82, 2.24) is 15.2 Å². The van der Waals surface area contributed by atoms with Crippen molar-refractivity contribution < 1.29 is 33.0 Å². The van der Waals surface area contributed by atoms with E-state index in [1.54, 1.807) is 25.2 Å². The molecule has 1 saturated heterocycles. The fourth-order valence-corrected chi connectivity index (χ4v) is 4.77. The SMILES string of the molecule is CC1=C\C(O)CC(F)Cc2nc(co2)C(=O)N2CCCC2C(=O)OC(C(C)CN)C(C)/C=C/C(=O)NC\C=C\1. The summed E-state index contributed by atoms with van der Waals surface area (Å²) in [7, 11) is 0. The van der Waals surface area contributed by atoms with Gasteiger partial charge in [0, 0.05) is 31.3 Å². The van der Waals surface area contributed by atoms with Gasteiger partial charge in [0.2, 0.25) is 5.91 Å². The van der Waals surface area contributed by atoms with E-state index in [-0.39, 0.29) is 55.3 Å². The van der Waals surface area contributed by atoms with Crippen LogP contribution < -0.4 is 11.1 Å². The van der Waals surface area contributed by atoms with Gasteiger partial charge < -0.3 is 30.2 Å². The number of hydrogen-bond donors (Lipinski definition) is 3. The summed E-state index contributed by atoms with van der Waals surface area (Å²) < 4.78 is 25.8. The molecule has 1 aromatic rings. The predicted molar refractivity (Wildman–Crippen MR) is 142 cm³/mol. The predicted octanol–water partition coefficient (Wildman–Crippen LogP) is 2.24. The van der Waals surface area contributed by atoms with Crippen molar-refractivity contribution in [3.63, 3.8) is 0 Å². The molecule has 6 atom stereocenters. The molecular weight excluding hydrogens is 507 g/mol. The third-order valence-corrected chi connectivity index (χ3v) is 6.93. The van der Waals surface area contributed by atoms with E-state index < -0.39 is 36.3 Å². The summed E-state index contributed by atoms with van der Waals surface area (Å²) in [5.74, 6) is -1.86. The van der Waals surface area contributed by atoms with Gasteiger partial charge in [0.15, 0.2) is 11.6 Å². The molecule has 10 nitrogen and oxygen atoms in total. The Hall–Kier alpha value is -3.31. The van der Waals surface area contributed by atoms with Crippen molar-refractivity contribution in [1.29, 1.82) is 0 Å². The summed E-state index contributed by atoms with van der Waals surface area (Å²) in [5.41, 5.74) is 6.56. The van der Waals surface area contributed by atoms with Gasteiger partial charge in [0.1, 0.15) is 24.6 Å². The van der Waals surface area contributed by atoms with Gasteiger partial charge in [-0.3, -0.25) is 9.59 Å². The average Bonchev–Trinajstić information content (AvgIpc) is 3.57. The Kier molecular flexibility index (Phi) is 11.0. The number of aliphatic hydroxyl groups is 1. The number of cyclic esters (lactones) is 1. The average molecular weight is 547 g/mol. The van der Waals surface area contributed by atoms with E-state index in [2.05, 4.69) is 10.3 Å². The molecule has 3 rings (SSSR count). The first-order valence-corrected chi connectivity index (χ1v) is 13.4.